The highest BCUT2D eigenvalue weighted by molar-refractivity contribution is 5.67. The second kappa shape index (κ2) is 5.49. The molecule has 0 unspecified atom stereocenters. The molecule has 92 valence electrons. The van der Waals surface area contributed by atoms with Crippen LogP contribution in [0.5, 0.6) is 0 Å². The van der Waals surface area contributed by atoms with E-state index in [1.54, 1.807) is 0 Å². The predicted molar refractivity (Wildman–Crippen MR) is 78.9 cm³/mol. The molecular weight excluding hydrogens is 230 g/mol. The Morgan fingerprint density at radius 1 is 0.737 bits per heavy atom. The zero-order chi connectivity index (χ0) is 12.9. The van der Waals surface area contributed by atoms with Crippen molar-refractivity contribution in [1.29, 1.82) is 0 Å². The molecule has 0 spiro atoms. The number of benzene rings is 2. The largest absolute Gasteiger partial charge is 0.264 e. The van der Waals surface area contributed by atoms with Gasteiger partial charge in [0.2, 0.25) is 0 Å². The Kier molecular flexibility index (Phi) is 3.37. The predicted octanol–water partition coefficient (Wildman–Crippen LogP) is 4.34. The lowest BCUT2D eigenvalue weighted by atomic mass is 9.97. The fourth-order valence-electron chi connectivity index (χ4n) is 2.28. The van der Waals surface area contributed by atoms with Gasteiger partial charge in [-0.3, -0.25) is 4.98 Å². The second-order valence-corrected chi connectivity index (χ2v) is 4.56. The summed E-state index contributed by atoms with van der Waals surface area (Å²) in [7, 11) is 0. The van der Waals surface area contributed by atoms with Gasteiger partial charge in [0.05, 0.1) is 0 Å². The van der Waals surface area contributed by atoms with E-state index in [-0.39, 0.29) is 0 Å². The van der Waals surface area contributed by atoms with Gasteiger partial charge in [-0.1, -0.05) is 60.7 Å². The Morgan fingerprint density at radius 3 is 2.16 bits per heavy atom. The molecule has 3 rings (SSSR count). The van der Waals surface area contributed by atoms with E-state index in [1.165, 1.54) is 22.3 Å². The van der Waals surface area contributed by atoms with Crippen LogP contribution in [0.15, 0.2) is 79.1 Å². The number of hydrogen-bond acceptors (Lipinski definition) is 1. The molecule has 0 amide bonds. The van der Waals surface area contributed by atoms with Crippen molar-refractivity contribution in [2.24, 2.45) is 0 Å². The SMILES string of the molecule is c1ccc(Cc2cnccc2-c2ccccc2)cc1. The van der Waals surface area contributed by atoms with E-state index < -0.39 is 0 Å². The van der Waals surface area contributed by atoms with Crippen molar-refractivity contribution in [2.45, 2.75) is 6.42 Å². The third kappa shape index (κ3) is 2.71. The van der Waals surface area contributed by atoms with Gasteiger partial charge in [0.15, 0.2) is 0 Å². The van der Waals surface area contributed by atoms with E-state index >= 15 is 0 Å². The average molecular weight is 245 g/mol. The van der Waals surface area contributed by atoms with Crippen molar-refractivity contribution in [3.63, 3.8) is 0 Å². The molecule has 0 bridgehead atoms. The van der Waals surface area contributed by atoms with Crippen LogP contribution in [-0.2, 0) is 6.42 Å². The fraction of sp³-hybridized carbons (Fsp3) is 0.0556. The molecule has 0 aliphatic heterocycles. The van der Waals surface area contributed by atoms with Crippen LogP contribution in [0.25, 0.3) is 11.1 Å². The summed E-state index contributed by atoms with van der Waals surface area (Å²) in [6, 6.07) is 23.1. The molecule has 0 aliphatic carbocycles. The Morgan fingerprint density at radius 2 is 1.42 bits per heavy atom. The second-order valence-electron chi connectivity index (χ2n) is 4.56. The summed E-state index contributed by atoms with van der Waals surface area (Å²) < 4.78 is 0. The topological polar surface area (TPSA) is 12.9 Å². The number of pyridine rings is 1. The molecule has 1 heterocycles. The lowest BCUT2D eigenvalue weighted by molar-refractivity contribution is 1.15. The molecule has 3 aromatic rings. The first-order valence-corrected chi connectivity index (χ1v) is 6.46. The van der Waals surface area contributed by atoms with Crippen LogP contribution in [0.1, 0.15) is 11.1 Å². The van der Waals surface area contributed by atoms with Gasteiger partial charge in [0.25, 0.3) is 0 Å². The summed E-state index contributed by atoms with van der Waals surface area (Å²) in [5, 5.41) is 0. The number of nitrogens with zero attached hydrogens (tertiary/aromatic N) is 1. The molecule has 0 saturated heterocycles. The van der Waals surface area contributed by atoms with Gasteiger partial charge in [-0.15, -0.1) is 0 Å². The van der Waals surface area contributed by atoms with Crippen molar-refractivity contribution >= 4 is 0 Å². The van der Waals surface area contributed by atoms with E-state index in [4.69, 9.17) is 0 Å². The van der Waals surface area contributed by atoms with Crippen LogP contribution in [0, 0.1) is 0 Å². The summed E-state index contributed by atoms with van der Waals surface area (Å²) in [6.07, 6.45) is 4.74. The molecule has 0 atom stereocenters. The fourth-order valence-corrected chi connectivity index (χ4v) is 2.28. The van der Waals surface area contributed by atoms with Gasteiger partial charge < -0.3 is 0 Å². The van der Waals surface area contributed by atoms with Crippen LogP contribution < -0.4 is 0 Å². The number of rotatable bonds is 3. The minimum atomic E-state index is 0.916. The maximum Gasteiger partial charge on any atom is 0.0309 e. The van der Waals surface area contributed by atoms with Crippen molar-refractivity contribution in [2.75, 3.05) is 0 Å². The van der Waals surface area contributed by atoms with Gasteiger partial charge in [0.1, 0.15) is 0 Å². The van der Waals surface area contributed by atoms with Gasteiger partial charge in [-0.2, -0.15) is 0 Å². The summed E-state index contributed by atoms with van der Waals surface area (Å²) in [4.78, 5) is 4.27. The van der Waals surface area contributed by atoms with Crippen LogP contribution in [0.4, 0.5) is 0 Å². The lowest BCUT2D eigenvalue weighted by Gasteiger charge is -2.09. The van der Waals surface area contributed by atoms with E-state index in [0.29, 0.717) is 0 Å². The first kappa shape index (κ1) is 11.7. The third-order valence-electron chi connectivity index (χ3n) is 3.23. The molecule has 1 aromatic heterocycles. The maximum absolute atomic E-state index is 4.27. The normalized spacial score (nSPS) is 10.3. The van der Waals surface area contributed by atoms with Crippen molar-refractivity contribution < 1.29 is 0 Å². The highest BCUT2D eigenvalue weighted by Gasteiger charge is 2.05. The molecule has 0 saturated carbocycles. The van der Waals surface area contributed by atoms with Crippen molar-refractivity contribution in [3.05, 3.63) is 90.3 Å². The molecule has 2 aromatic carbocycles. The Balaban J connectivity index is 1.99. The van der Waals surface area contributed by atoms with Crippen molar-refractivity contribution in [3.8, 4) is 11.1 Å². The maximum atomic E-state index is 4.27. The standard InChI is InChI=1S/C18H15N/c1-3-7-15(8-4-1)13-17-14-19-12-11-18(17)16-9-5-2-6-10-16/h1-12,14H,13H2. The summed E-state index contributed by atoms with van der Waals surface area (Å²) in [5.41, 5.74) is 5.09. The minimum Gasteiger partial charge on any atom is -0.264 e. The van der Waals surface area contributed by atoms with Gasteiger partial charge in [0, 0.05) is 12.4 Å². The number of aromatic nitrogens is 1. The summed E-state index contributed by atoms with van der Waals surface area (Å²) in [5.74, 6) is 0. The molecule has 0 fully saturated rings. The highest BCUT2D eigenvalue weighted by Crippen LogP contribution is 2.24. The van der Waals surface area contributed by atoms with Crippen LogP contribution in [0.3, 0.4) is 0 Å². The van der Waals surface area contributed by atoms with Gasteiger partial charge in [-0.25, -0.2) is 0 Å². The monoisotopic (exact) mass is 245 g/mol. The Bertz CT molecular complexity index is 645. The van der Waals surface area contributed by atoms with Crippen LogP contribution >= 0.6 is 0 Å². The van der Waals surface area contributed by atoms with E-state index in [2.05, 4.69) is 59.6 Å². The van der Waals surface area contributed by atoms with Crippen LogP contribution in [-0.4, -0.2) is 4.98 Å². The van der Waals surface area contributed by atoms with Crippen molar-refractivity contribution in [1.82, 2.24) is 4.98 Å². The average Bonchev–Trinajstić information content (AvgIpc) is 2.50. The van der Waals surface area contributed by atoms with E-state index in [9.17, 15) is 0 Å². The molecule has 1 nitrogen and oxygen atoms in total. The number of hydrogen-bond donors (Lipinski definition) is 0. The summed E-state index contributed by atoms with van der Waals surface area (Å²) in [6.45, 7) is 0. The molecule has 0 radical (unpaired) electrons. The Hall–Kier alpha value is -2.41. The minimum absolute atomic E-state index is 0.916. The van der Waals surface area contributed by atoms with Crippen LogP contribution in [0.2, 0.25) is 0 Å². The quantitative estimate of drug-likeness (QED) is 0.669. The van der Waals surface area contributed by atoms with Gasteiger partial charge in [-0.05, 0) is 34.7 Å². The van der Waals surface area contributed by atoms with E-state index in [0.717, 1.165) is 6.42 Å². The molecule has 19 heavy (non-hydrogen) atoms. The third-order valence-corrected chi connectivity index (χ3v) is 3.23. The molecule has 0 aliphatic rings. The molecule has 0 N–H and O–H groups in total. The lowest BCUT2D eigenvalue weighted by Crippen LogP contribution is -1.93. The highest BCUT2D eigenvalue weighted by atomic mass is 14.6. The first-order valence-electron chi connectivity index (χ1n) is 6.46. The Labute approximate surface area is 113 Å². The van der Waals surface area contributed by atoms with Gasteiger partial charge >= 0.3 is 0 Å². The zero-order valence-corrected chi connectivity index (χ0v) is 10.7. The summed E-state index contributed by atoms with van der Waals surface area (Å²) >= 11 is 0. The molecule has 1 heteroatoms. The molecular formula is C18H15N. The smallest absolute Gasteiger partial charge is 0.0309 e. The first-order chi connectivity index (χ1) is 9.43. The van der Waals surface area contributed by atoms with E-state index in [1.807, 2.05) is 24.5 Å². The zero-order valence-electron chi connectivity index (χ0n) is 10.7.